The molecule has 0 N–H and O–H groups in total. The minimum atomic E-state index is -0.101. The quantitative estimate of drug-likeness (QED) is 0.676. The molecule has 2 aromatic heterocycles. The molecule has 22 heavy (non-hydrogen) atoms. The number of para-hydroxylation sites is 1. The van der Waals surface area contributed by atoms with Crippen LogP contribution in [0.4, 0.5) is 5.13 Å². The zero-order valence-electron chi connectivity index (χ0n) is 12.4. The Hall–Kier alpha value is -2.40. The zero-order chi connectivity index (χ0) is 15.5. The lowest BCUT2D eigenvalue weighted by atomic mass is 10.2. The molecule has 0 bridgehead atoms. The summed E-state index contributed by atoms with van der Waals surface area (Å²) in [5.74, 6) is 0.556. The van der Waals surface area contributed by atoms with Crippen molar-refractivity contribution in [3.05, 3.63) is 54.0 Å². The van der Waals surface area contributed by atoms with E-state index in [1.807, 2.05) is 32.0 Å². The van der Waals surface area contributed by atoms with Crippen LogP contribution in [0.15, 0.2) is 47.1 Å². The number of rotatable bonds is 4. The predicted molar refractivity (Wildman–Crippen MR) is 90.1 cm³/mol. The molecule has 3 rings (SSSR count). The van der Waals surface area contributed by atoms with Gasteiger partial charge < -0.3 is 4.42 Å². The number of carbonyl (C=O) groups is 1. The third-order valence-corrected chi connectivity index (χ3v) is 4.40. The maximum Gasteiger partial charge on any atom is 0.252 e. The molecule has 2 heterocycles. The lowest BCUT2D eigenvalue weighted by Crippen LogP contribution is -2.28. The number of amides is 1. The largest absolute Gasteiger partial charge is 0.465 e. The molecule has 0 fully saturated rings. The van der Waals surface area contributed by atoms with Crippen LogP contribution in [0.25, 0.3) is 16.3 Å². The third-order valence-electron chi connectivity index (χ3n) is 3.36. The van der Waals surface area contributed by atoms with Gasteiger partial charge in [-0.05, 0) is 43.7 Å². The number of carbonyl (C=O) groups excluding carboxylic acids is 1. The summed E-state index contributed by atoms with van der Waals surface area (Å²) in [5.41, 5.74) is 2.08. The molecule has 1 amide bonds. The van der Waals surface area contributed by atoms with Crippen molar-refractivity contribution in [3.63, 3.8) is 0 Å². The Morgan fingerprint density at radius 3 is 2.91 bits per heavy atom. The number of thiazole rings is 1. The molecule has 4 nitrogen and oxygen atoms in total. The molecule has 0 spiro atoms. The summed E-state index contributed by atoms with van der Waals surface area (Å²) in [7, 11) is 0. The van der Waals surface area contributed by atoms with Crippen molar-refractivity contribution < 1.29 is 9.21 Å². The van der Waals surface area contributed by atoms with Crippen LogP contribution in [0.2, 0.25) is 0 Å². The summed E-state index contributed by atoms with van der Waals surface area (Å²) in [6.07, 6.45) is 4.77. The topological polar surface area (TPSA) is 46.3 Å². The molecule has 0 aliphatic carbocycles. The van der Waals surface area contributed by atoms with E-state index in [1.165, 1.54) is 17.4 Å². The molecular formula is C17H16N2O2S. The Kier molecular flexibility index (Phi) is 4.06. The Morgan fingerprint density at radius 2 is 2.23 bits per heavy atom. The highest BCUT2D eigenvalue weighted by atomic mass is 32.1. The van der Waals surface area contributed by atoms with Crippen LogP contribution in [0.5, 0.6) is 0 Å². The summed E-state index contributed by atoms with van der Waals surface area (Å²) in [6.45, 7) is 4.54. The van der Waals surface area contributed by atoms with Gasteiger partial charge in [-0.3, -0.25) is 9.69 Å². The standard InChI is InChI=1S/C17H16N2O2S/c1-3-19(15(20)10-9-13-7-5-11-21-13)17-18-16-12(2)6-4-8-14(16)22-17/h4-11H,3H2,1-2H3/b10-9+. The first-order valence-corrected chi connectivity index (χ1v) is 7.90. The van der Waals surface area contributed by atoms with E-state index in [0.29, 0.717) is 12.3 Å². The SMILES string of the molecule is CCN(C(=O)/C=C/c1ccco1)c1nc2c(C)cccc2s1. The zero-order valence-corrected chi connectivity index (χ0v) is 13.3. The average molecular weight is 312 g/mol. The summed E-state index contributed by atoms with van der Waals surface area (Å²) in [6, 6.07) is 9.66. The maximum absolute atomic E-state index is 12.4. The van der Waals surface area contributed by atoms with Crippen molar-refractivity contribution in [1.82, 2.24) is 4.98 Å². The number of benzene rings is 1. The molecule has 0 saturated carbocycles. The molecule has 0 aliphatic heterocycles. The fourth-order valence-corrected chi connectivity index (χ4v) is 3.32. The second-order valence-electron chi connectivity index (χ2n) is 4.85. The van der Waals surface area contributed by atoms with Crippen LogP contribution < -0.4 is 4.90 Å². The van der Waals surface area contributed by atoms with Gasteiger partial charge >= 0.3 is 0 Å². The smallest absolute Gasteiger partial charge is 0.252 e. The Labute approximate surface area is 132 Å². The van der Waals surface area contributed by atoms with Gasteiger partial charge in [0, 0.05) is 12.6 Å². The third kappa shape index (κ3) is 2.80. The fourth-order valence-electron chi connectivity index (χ4n) is 2.20. The minimum absolute atomic E-state index is 0.101. The molecule has 0 unspecified atom stereocenters. The monoisotopic (exact) mass is 312 g/mol. The van der Waals surface area contributed by atoms with Crippen molar-refractivity contribution >= 4 is 38.7 Å². The highest BCUT2D eigenvalue weighted by molar-refractivity contribution is 7.22. The first-order valence-electron chi connectivity index (χ1n) is 7.08. The number of hydrogen-bond donors (Lipinski definition) is 0. The van der Waals surface area contributed by atoms with Gasteiger partial charge in [-0.1, -0.05) is 23.5 Å². The average Bonchev–Trinajstić information content (AvgIpc) is 3.15. The molecule has 3 aromatic rings. The Balaban J connectivity index is 1.89. The molecular weight excluding hydrogens is 296 g/mol. The van der Waals surface area contributed by atoms with Crippen LogP contribution in [0.3, 0.4) is 0 Å². The number of likely N-dealkylation sites (N-methyl/N-ethyl adjacent to an activating group) is 1. The van der Waals surface area contributed by atoms with Crippen molar-refractivity contribution in [2.45, 2.75) is 13.8 Å². The van der Waals surface area contributed by atoms with Crippen LogP contribution in [-0.2, 0) is 4.79 Å². The number of fused-ring (bicyclic) bond motifs is 1. The van der Waals surface area contributed by atoms with E-state index in [-0.39, 0.29) is 5.91 Å². The van der Waals surface area contributed by atoms with E-state index in [0.717, 1.165) is 20.9 Å². The predicted octanol–water partition coefficient (Wildman–Crippen LogP) is 4.26. The van der Waals surface area contributed by atoms with Gasteiger partial charge in [0.1, 0.15) is 5.76 Å². The number of anilines is 1. The van der Waals surface area contributed by atoms with Gasteiger partial charge in [-0.25, -0.2) is 4.98 Å². The highest BCUT2D eigenvalue weighted by Crippen LogP contribution is 2.30. The highest BCUT2D eigenvalue weighted by Gasteiger charge is 2.16. The van der Waals surface area contributed by atoms with Crippen molar-refractivity contribution in [2.24, 2.45) is 0 Å². The minimum Gasteiger partial charge on any atom is -0.465 e. The van der Waals surface area contributed by atoms with E-state index in [9.17, 15) is 4.79 Å². The second-order valence-corrected chi connectivity index (χ2v) is 5.86. The fraction of sp³-hybridized carbons (Fsp3) is 0.176. The van der Waals surface area contributed by atoms with Crippen molar-refractivity contribution in [3.8, 4) is 0 Å². The number of hydrogen-bond acceptors (Lipinski definition) is 4. The first-order chi connectivity index (χ1) is 10.7. The van der Waals surface area contributed by atoms with E-state index in [1.54, 1.807) is 29.4 Å². The first kappa shape index (κ1) is 14.5. The van der Waals surface area contributed by atoms with Crippen LogP contribution >= 0.6 is 11.3 Å². The van der Waals surface area contributed by atoms with E-state index >= 15 is 0 Å². The van der Waals surface area contributed by atoms with Crippen molar-refractivity contribution in [1.29, 1.82) is 0 Å². The summed E-state index contributed by atoms with van der Waals surface area (Å²) in [4.78, 5) is 18.7. The van der Waals surface area contributed by atoms with E-state index < -0.39 is 0 Å². The normalized spacial score (nSPS) is 11.4. The Morgan fingerprint density at radius 1 is 1.36 bits per heavy atom. The lowest BCUT2D eigenvalue weighted by molar-refractivity contribution is -0.114. The molecule has 0 atom stereocenters. The lowest BCUT2D eigenvalue weighted by Gasteiger charge is -2.14. The summed E-state index contributed by atoms with van der Waals surface area (Å²) in [5, 5.41) is 0.723. The van der Waals surface area contributed by atoms with Gasteiger partial charge in [-0.2, -0.15) is 0 Å². The van der Waals surface area contributed by atoms with Gasteiger partial charge in [0.2, 0.25) is 0 Å². The van der Waals surface area contributed by atoms with E-state index in [4.69, 9.17) is 4.42 Å². The van der Waals surface area contributed by atoms with Crippen LogP contribution in [0.1, 0.15) is 18.2 Å². The molecule has 0 aliphatic rings. The number of aromatic nitrogens is 1. The van der Waals surface area contributed by atoms with Crippen LogP contribution in [-0.4, -0.2) is 17.4 Å². The maximum atomic E-state index is 12.4. The van der Waals surface area contributed by atoms with Crippen molar-refractivity contribution in [2.75, 3.05) is 11.4 Å². The van der Waals surface area contributed by atoms with E-state index in [2.05, 4.69) is 4.98 Å². The number of aryl methyl sites for hydroxylation is 1. The molecule has 112 valence electrons. The molecule has 5 heteroatoms. The number of furan rings is 1. The molecule has 1 aromatic carbocycles. The van der Waals surface area contributed by atoms with Gasteiger partial charge in [-0.15, -0.1) is 0 Å². The Bertz CT molecular complexity index is 818. The van der Waals surface area contributed by atoms with Gasteiger partial charge in [0.25, 0.3) is 5.91 Å². The number of nitrogens with zero attached hydrogens (tertiary/aromatic N) is 2. The van der Waals surface area contributed by atoms with Gasteiger partial charge in [0.05, 0.1) is 16.5 Å². The molecule has 0 radical (unpaired) electrons. The summed E-state index contributed by atoms with van der Waals surface area (Å²) < 4.78 is 6.29. The van der Waals surface area contributed by atoms with Crippen LogP contribution in [0, 0.1) is 6.92 Å². The van der Waals surface area contributed by atoms with Gasteiger partial charge in [0.15, 0.2) is 5.13 Å². The summed E-state index contributed by atoms with van der Waals surface area (Å²) >= 11 is 1.53. The second kappa shape index (κ2) is 6.15. The molecule has 0 saturated heterocycles.